The third-order valence-corrected chi connectivity index (χ3v) is 8.50. The van der Waals surface area contributed by atoms with Crippen LogP contribution in [0.4, 0.5) is 0 Å². The first-order chi connectivity index (χ1) is 12.9. The summed E-state index contributed by atoms with van der Waals surface area (Å²) < 4.78 is 19.8. The maximum atomic E-state index is 6.18. The van der Waals surface area contributed by atoms with E-state index in [0.717, 1.165) is 30.8 Å². The molecule has 0 fully saturated rings. The Morgan fingerprint density at radius 1 is 0.774 bits per heavy atom. The van der Waals surface area contributed by atoms with E-state index in [1.807, 2.05) is 23.7 Å². The van der Waals surface area contributed by atoms with Gasteiger partial charge in [-0.1, -0.05) is 39.8 Å². The second-order valence-electron chi connectivity index (χ2n) is 6.87. The smallest absolute Gasteiger partial charge is 0.371 e. The van der Waals surface area contributed by atoms with E-state index in [2.05, 4.69) is 59.5 Å². The van der Waals surface area contributed by atoms with Gasteiger partial charge in [0.2, 0.25) is 0 Å². The molecule has 3 atom stereocenters. The van der Waals surface area contributed by atoms with Crippen molar-refractivity contribution in [3.63, 3.8) is 0 Å². The minimum atomic E-state index is -2.52. The quantitative estimate of drug-likeness (QED) is 0.296. The summed E-state index contributed by atoms with van der Waals surface area (Å²) in [7, 11) is -2.52. The van der Waals surface area contributed by atoms with Gasteiger partial charge in [0.1, 0.15) is 0 Å². The number of aromatic nitrogens is 1. The molecule has 1 heterocycles. The van der Waals surface area contributed by atoms with E-state index >= 15 is 0 Å². The van der Waals surface area contributed by atoms with Crippen LogP contribution in [0.1, 0.15) is 67.7 Å². The predicted molar refractivity (Wildman–Crippen MR) is 160 cm³/mol. The zero-order valence-electron chi connectivity index (χ0n) is 20.0. The van der Waals surface area contributed by atoms with E-state index < -0.39 is 8.80 Å². The molecule has 1 aromatic heterocycles. The first kappa shape index (κ1) is 38.8. The highest BCUT2D eigenvalue weighted by molar-refractivity contribution is 7.59. The molecule has 31 heavy (non-hydrogen) atoms. The molecule has 1 aromatic carbocycles. The van der Waals surface area contributed by atoms with Gasteiger partial charge in [0.05, 0.1) is 15.7 Å². The minimum absolute atomic E-state index is 0. The van der Waals surface area contributed by atoms with E-state index in [1.165, 1.54) is 4.70 Å². The third kappa shape index (κ3) is 14.5. The van der Waals surface area contributed by atoms with Crippen LogP contribution in [0, 0.1) is 0 Å². The Morgan fingerprint density at radius 2 is 1.19 bits per heavy atom. The van der Waals surface area contributed by atoms with Crippen LogP contribution in [0.3, 0.4) is 0 Å². The van der Waals surface area contributed by atoms with Gasteiger partial charge in [-0.3, -0.25) is 0 Å². The van der Waals surface area contributed by atoms with Crippen molar-refractivity contribution in [1.29, 1.82) is 0 Å². The summed E-state index contributed by atoms with van der Waals surface area (Å²) in [5.74, 6) is 0. The summed E-state index contributed by atoms with van der Waals surface area (Å²) in [6.45, 7) is 14.8. The van der Waals surface area contributed by atoms with Crippen molar-refractivity contribution in [3.05, 3.63) is 29.8 Å². The molecule has 0 N–H and O–H groups in total. The largest absolute Gasteiger partial charge is 0.501 e. The van der Waals surface area contributed by atoms with Crippen molar-refractivity contribution in [2.45, 2.75) is 92.1 Å². The number of nitrogens with zero attached hydrogens (tertiary/aromatic N) is 1. The zero-order valence-corrected chi connectivity index (χ0v) is 25.8. The molecule has 2 aromatic rings. The first-order valence-corrected chi connectivity index (χ1v) is 13.0. The highest BCUT2D eigenvalue weighted by Gasteiger charge is 2.43. The van der Waals surface area contributed by atoms with Crippen LogP contribution in [0.2, 0.25) is 6.04 Å². The molecule has 0 bridgehead atoms. The monoisotopic (exact) mass is 547 g/mol. The topological polar surface area (TPSA) is 40.6 Å². The molecule has 0 saturated carbocycles. The highest BCUT2D eigenvalue weighted by atomic mass is 32.1. The fraction of sp³-hybridized carbons (Fsp3) is 0.667. The van der Waals surface area contributed by atoms with Crippen LogP contribution in [0.5, 0.6) is 0 Å². The Morgan fingerprint density at radius 3 is 1.55 bits per heavy atom. The van der Waals surface area contributed by atoms with Crippen LogP contribution in [0.15, 0.2) is 29.8 Å². The lowest BCUT2D eigenvalue weighted by atomic mass is 10.3. The SMILES string of the molecule is CCC(C)O[Si](CC)(OC(C)CC)OC(C)CC.S.S.S.S.c1ccc2scnc2c1. The highest BCUT2D eigenvalue weighted by Crippen LogP contribution is 2.24. The molecule has 0 aliphatic carbocycles. The number of hydrogen-bond acceptors (Lipinski definition) is 5. The number of para-hydroxylation sites is 1. The second-order valence-corrected chi connectivity index (χ2v) is 10.5. The van der Waals surface area contributed by atoms with Crippen molar-refractivity contribution >= 4 is 84.3 Å². The third-order valence-electron chi connectivity index (χ3n) is 4.54. The Bertz CT molecular complexity index is 589. The van der Waals surface area contributed by atoms with Crippen molar-refractivity contribution in [1.82, 2.24) is 4.98 Å². The molecule has 0 radical (unpaired) electrons. The van der Waals surface area contributed by atoms with E-state index in [-0.39, 0.29) is 72.3 Å². The Labute approximate surface area is 223 Å². The molecule has 3 unspecified atom stereocenters. The first-order valence-electron chi connectivity index (χ1n) is 10.2. The van der Waals surface area contributed by atoms with Gasteiger partial charge in [-0.15, -0.1) is 11.3 Å². The minimum Gasteiger partial charge on any atom is -0.371 e. The van der Waals surface area contributed by atoms with E-state index in [0.29, 0.717) is 0 Å². The molecule has 0 aliphatic rings. The number of fused-ring (bicyclic) bond motifs is 1. The maximum absolute atomic E-state index is 6.18. The van der Waals surface area contributed by atoms with Gasteiger partial charge in [0.15, 0.2) is 0 Å². The number of hydrogen-bond donors (Lipinski definition) is 0. The molecular formula is C21H45NO3S5Si. The Balaban J connectivity index is -0.000000238. The molecule has 0 spiro atoms. The molecule has 0 saturated heterocycles. The van der Waals surface area contributed by atoms with Crippen molar-refractivity contribution in [2.75, 3.05) is 0 Å². The second kappa shape index (κ2) is 21.2. The van der Waals surface area contributed by atoms with Crippen LogP contribution < -0.4 is 0 Å². The molecule has 10 heteroatoms. The van der Waals surface area contributed by atoms with Gasteiger partial charge in [-0.25, -0.2) is 4.98 Å². The summed E-state index contributed by atoms with van der Waals surface area (Å²) in [6.07, 6.45) is 3.56. The van der Waals surface area contributed by atoms with Gasteiger partial charge < -0.3 is 13.3 Å². The van der Waals surface area contributed by atoms with Gasteiger partial charge >= 0.3 is 8.80 Å². The summed E-state index contributed by atoms with van der Waals surface area (Å²) in [4.78, 5) is 4.14. The average molecular weight is 548 g/mol. The lowest BCUT2D eigenvalue weighted by Crippen LogP contribution is -2.51. The Hall–Kier alpha value is 0.607. The zero-order chi connectivity index (χ0) is 20.3. The maximum Gasteiger partial charge on any atom is 0.501 e. The summed E-state index contributed by atoms with van der Waals surface area (Å²) >= 11 is 1.68. The lowest BCUT2D eigenvalue weighted by molar-refractivity contribution is -0.00985. The molecule has 4 nitrogen and oxygen atoms in total. The van der Waals surface area contributed by atoms with Crippen LogP contribution in [-0.4, -0.2) is 32.1 Å². The fourth-order valence-corrected chi connectivity index (χ4v) is 5.99. The van der Waals surface area contributed by atoms with Crippen LogP contribution in [-0.2, 0) is 13.3 Å². The standard InChI is InChI=1S/C14H32O3Si.C7H5NS.4H2S/c1-8-12(5)15-18(11-4,16-13(6)9-2)17-14(7)10-3;1-2-4-7-6(3-1)8-5-9-7;;;;/h12-14H,8-11H2,1-7H3;1-5H;4*1H2. The summed E-state index contributed by atoms with van der Waals surface area (Å²) in [5, 5.41) is 0. The number of benzene rings is 1. The van der Waals surface area contributed by atoms with Gasteiger partial charge in [0.25, 0.3) is 0 Å². The van der Waals surface area contributed by atoms with Gasteiger partial charge in [-0.2, -0.15) is 54.0 Å². The van der Waals surface area contributed by atoms with Crippen LogP contribution in [0.25, 0.3) is 10.2 Å². The van der Waals surface area contributed by atoms with Crippen molar-refractivity contribution in [3.8, 4) is 0 Å². The fourth-order valence-electron chi connectivity index (χ4n) is 2.31. The number of thiazole rings is 1. The normalized spacial score (nSPS) is 14.7. The van der Waals surface area contributed by atoms with Crippen molar-refractivity contribution < 1.29 is 13.3 Å². The molecule has 186 valence electrons. The molecule has 2 rings (SSSR count). The van der Waals surface area contributed by atoms with E-state index in [4.69, 9.17) is 13.3 Å². The van der Waals surface area contributed by atoms with Crippen LogP contribution >= 0.6 is 65.3 Å². The predicted octanol–water partition coefficient (Wildman–Crippen LogP) is 7.14. The van der Waals surface area contributed by atoms with Gasteiger partial charge in [0, 0.05) is 24.4 Å². The van der Waals surface area contributed by atoms with Crippen molar-refractivity contribution in [2.24, 2.45) is 0 Å². The van der Waals surface area contributed by atoms with E-state index in [1.54, 1.807) is 11.3 Å². The number of rotatable bonds is 10. The summed E-state index contributed by atoms with van der Waals surface area (Å²) in [5.41, 5.74) is 2.97. The molecule has 0 amide bonds. The molecular weight excluding hydrogens is 503 g/mol. The van der Waals surface area contributed by atoms with Gasteiger partial charge in [-0.05, 0) is 52.2 Å². The average Bonchev–Trinajstić information content (AvgIpc) is 3.16. The lowest BCUT2D eigenvalue weighted by Gasteiger charge is -2.35. The summed E-state index contributed by atoms with van der Waals surface area (Å²) in [6, 6.07) is 8.97. The Kier molecular flexibility index (Phi) is 26.5. The molecule has 0 aliphatic heterocycles. The van der Waals surface area contributed by atoms with E-state index in [9.17, 15) is 0 Å².